The first-order valence-electron chi connectivity index (χ1n) is 5.60. The van der Waals surface area contributed by atoms with Crippen LogP contribution in [-0.2, 0) is 0 Å². The smallest absolute Gasteiger partial charge is 0.115 e. The van der Waals surface area contributed by atoms with Crippen LogP contribution in [0.4, 0.5) is 5.69 Å². The van der Waals surface area contributed by atoms with E-state index in [1.165, 1.54) is 6.33 Å². The third-order valence-corrected chi connectivity index (χ3v) is 2.61. The first-order chi connectivity index (χ1) is 8.29. The normalized spacial score (nSPS) is 12.1. The highest BCUT2D eigenvalue weighted by Crippen LogP contribution is 2.23. The van der Waals surface area contributed by atoms with Crippen molar-refractivity contribution in [2.75, 3.05) is 5.32 Å². The van der Waals surface area contributed by atoms with E-state index in [1.54, 1.807) is 24.5 Å². The van der Waals surface area contributed by atoms with Crippen molar-refractivity contribution in [2.45, 2.75) is 19.4 Å². The van der Waals surface area contributed by atoms with Crippen LogP contribution in [0.15, 0.2) is 43.0 Å². The largest absolute Gasteiger partial charge is 0.508 e. The Morgan fingerprint density at radius 1 is 1.18 bits per heavy atom. The zero-order valence-corrected chi connectivity index (χ0v) is 9.67. The summed E-state index contributed by atoms with van der Waals surface area (Å²) < 4.78 is 0. The molecule has 0 aliphatic heterocycles. The molecule has 2 rings (SSSR count). The number of aromatic hydroxyl groups is 1. The quantitative estimate of drug-likeness (QED) is 0.846. The molecule has 4 nitrogen and oxygen atoms in total. The van der Waals surface area contributed by atoms with E-state index in [9.17, 15) is 5.11 Å². The number of hydrogen-bond donors (Lipinski definition) is 2. The number of hydrogen-bond acceptors (Lipinski definition) is 4. The Morgan fingerprint density at radius 2 is 1.82 bits per heavy atom. The lowest BCUT2D eigenvalue weighted by Crippen LogP contribution is -2.09. The van der Waals surface area contributed by atoms with Crippen molar-refractivity contribution in [3.8, 4) is 5.75 Å². The van der Waals surface area contributed by atoms with E-state index in [4.69, 9.17) is 0 Å². The fraction of sp³-hybridized carbons (Fsp3) is 0.231. The molecular formula is C13H15N3O. The number of benzene rings is 1. The molecule has 0 aliphatic carbocycles. The van der Waals surface area contributed by atoms with Gasteiger partial charge in [-0.2, -0.15) is 0 Å². The van der Waals surface area contributed by atoms with Crippen molar-refractivity contribution in [1.29, 1.82) is 0 Å². The molecular weight excluding hydrogens is 214 g/mol. The van der Waals surface area contributed by atoms with Gasteiger partial charge in [-0.1, -0.05) is 19.1 Å². The minimum absolute atomic E-state index is 0.196. The minimum Gasteiger partial charge on any atom is -0.508 e. The van der Waals surface area contributed by atoms with Crippen LogP contribution in [-0.4, -0.2) is 15.1 Å². The summed E-state index contributed by atoms with van der Waals surface area (Å²) in [6, 6.07) is 7.42. The van der Waals surface area contributed by atoms with Crippen LogP contribution in [0.2, 0.25) is 0 Å². The van der Waals surface area contributed by atoms with Gasteiger partial charge < -0.3 is 10.4 Å². The molecule has 1 unspecified atom stereocenters. The molecule has 1 aromatic heterocycles. The van der Waals surface area contributed by atoms with Crippen LogP contribution in [0.3, 0.4) is 0 Å². The molecule has 2 N–H and O–H groups in total. The van der Waals surface area contributed by atoms with Gasteiger partial charge in [0.15, 0.2) is 0 Å². The van der Waals surface area contributed by atoms with E-state index < -0.39 is 0 Å². The second-order valence-electron chi connectivity index (χ2n) is 3.82. The first kappa shape index (κ1) is 11.4. The molecule has 1 atom stereocenters. The van der Waals surface area contributed by atoms with E-state index in [1.807, 2.05) is 12.1 Å². The maximum Gasteiger partial charge on any atom is 0.115 e. The van der Waals surface area contributed by atoms with Gasteiger partial charge in [-0.3, -0.25) is 0 Å². The second kappa shape index (κ2) is 5.30. The Hall–Kier alpha value is -2.10. The van der Waals surface area contributed by atoms with Crippen molar-refractivity contribution in [2.24, 2.45) is 0 Å². The van der Waals surface area contributed by atoms with Crippen LogP contribution in [0, 0.1) is 0 Å². The lowest BCUT2D eigenvalue weighted by atomic mass is 10.0. The predicted octanol–water partition coefficient (Wildman–Crippen LogP) is 2.75. The summed E-state index contributed by atoms with van der Waals surface area (Å²) >= 11 is 0. The van der Waals surface area contributed by atoms with Gasteiger partial charge in [-0.05, 0) is 24.1 Å². The maximum atomic E-state index is 9.26. The van der Waals surface area contributed by atoms with Gasteiger partial charge in [-0.15, -0.1) is 0 Å². The molecule has 0 saturated heterocycles. The molecule has 0 radical (unpaired) electrons. The van der Waals surface area contributed by atoms with Gasteiger partial charge in [0.2, 0.25) is 0 Å². The van der Waals surface area contributed by atoms with Crippen molar-refractivity contribution in [1.82, 2.24) is 9.97 Å². The highest BCUT2D eigenvalue weighted by atomic mass is 16.3. The molecule has 17 heavy (non-hydrogen) atoms. The Bertz CT molecular complexity index is 456. The van der Waals surface area contributed by atoms with Gasteiger partial charge in [0.1, 0.15) is 12.1 Å². The van der Waals surface area contributed by atoms with Gasteiger partial charge >= 0.3 is 0 Å². The molecule has 0 bridgehead atoms. The second-order valence-corrected chi connectivity index (χ2v) is 3.82. The minimum atomic E-state index is 0.196. The van der Waals surface area contributed by atoms with Crippen LogP contribution in [0.1, 0.15) is 24.9 Å². The summed E-state index contributed by atoms with van der Waals surface area (Å²) in [4.78, 5) is 7.93. The van der Waals surface area contributed by atoms with E-state index in [2.05, 4.69) is 22.2 Å². The molecule has 1 aromatic carbocycles. The summed E-state index contributed by atoms with van der Waals surface area (Å²) in [6.45, 7) is 2.11. The van der Waals surface area contributed by atoms with Crippen molar-refractivity contribution in [3.05, 3.63) is 48.5 Å². The van der Waals surface area contributed by atoms with Crippen LogP contribution < -0.4 is 5.32 Å². The van der Waals surface area contributed by atoms with Crippen molar-refractivity contribution < 1.29 is 5.11 Å². The van der Waals surface area contributed by atoms with Crippen molar-refractivity contribution >= 4 is 5.69 Å². The summed E-state index contributed by atoms with van der Waals surface area (Å²) in [7, 11) is 0. The number of nitrogens with zero attached hydrogens (tertiary/aromatic N) is 2. The molecule has 0 aliphatic rings. The van der Waals surface area contributed by atoms with E-state index in [0.29, 0.717) is 0 Å². The monoisotopic (exact) mass is 229 g/mol. The summed E-state index contributed by atoms with van der Waals surface area (Å²) in [6.07, 6.45) is 5.94. The number of phenolic OH excluding ortho intramolecular Hbond substituents is 1. The van der Waals surface area contributed by atoms with Gasteiger partial charge in [0, 0.05) is 0 Å². The fourth-order valence-electron chi connectivity index (χ4n) is 1.70. The van der Waals surface area contributed by atoms with E-state index in [0.717, 1.165) is 17.7 Å². The highest BCUT2D eigenvalue weighted by Gasteiger charge is 2.08. The van der Waals surface area contributed by atoms with Crippen LogP contribution in [0.5, 0.6) is 5.75 Å². The summed E-state index contributed by atoms with van der Waals surface area (Å²) in [5, 5.41) is 12.6. The predicted molar refractivity (Wildman–Crippen MR) is 66.8 cm³/mol. The number of phenols is 1. The summed E-state index contributed by atoms with van der Waals surface area (Å²) in [5.41, 5.74) is 2.03. The molecule has 2 aromatic rings. The third-order valence-electron chi connectivity index (χ3n) is 2.61. The number of rotatable bonds is 4. The Kier molecular flexibility index (Phi) is 3.55. The molecule has 0 saturated carbocycles. The van der Waals surface area contributed by atoms with Crippen LogP contribution >= 0.6 is 0 Å². The van der Waals surface area contributed by atoms with E-state index >= 15 is 0 Å². The Balaban J connectivity index is 2.14. The fourth-order valence-corrected chi connectivity index (χ4v) is 1.70. The lowest BCUT2D eigenvalue weighted by molar-refractivity contribution is 0.475. The standard InChI is InChI=1S/C13H15N3O/c1-2-13(10-3-5-12(17)6-4-10)16-11-7-14-9-15-8-11/h3-9,13,16-17H,2H2,1H3. The Morgan fingerprint density at radius 3 is 2.41 bits per heavy atom. The zero-order valence-electron chi connectivity index (χ0n) is 9.67. The summed E-state index contributed by atoms with van der Waals surface area (Å²) in [5.74, 6) is 0.284. The van der Waals surface area contributed by atoms with Gasteiger partial charge in [0.25, 0.3) is 0 Å². The van der Waals surface area contributed by atoms with E-state index in [-0.39, 0.29) is 11.8 Å². The maximum absolute atomic E-state index is 9.26. The highest BCUT2D eigenvalue weighted by molar-refractivity contribution is 5.41. The number of aromatic nitrogens is 2. The SMILES string of the molecule is CCC(Nc1cncnc1)c1ccc(O)cc1. The first-order valence-corrected chi connectivity index (χ1v) is 5.60. The van der Waals surface area contributed by atoms with Gasteiger partial charge in [-0.25, -0.2) is 9.97 Å². The number of anilines is 1. The average Bonchev–Trinajstić information content (AvgIpc) is 2.38. The molecule has 88 valence electrons. The molecule has 0 fully saturated rings. The van der Waals surface area contributed by atoms with Crippen LogP contribution in [0.25, 0.3) is 0 Å². The molecule has 1 heterocycles. The molecule has 0 spiro atoms. The topological polar surface area (TPSA) is 58.0 Å². The van der Waals surface area contributed by atoms with Crippen molar-refractivity contribution in [3.63, 3.8) is 0 Å². The third kappa shape index (κ3) is 2.93. The lowest BCUT2D eigenvalue weighted by Gasteiger charge is -2.18. The van der Waals surface area contributed by atoms with Gasteiger partial charge in [0.05, 0.1) is 24.1 Å². The average molecular weight is 229 g/mol. The number of nitrogens with one attached hydrogen (secondary N) is 1. The zero-order chi connectivity index (χ0) is 12.1. The molecule has 0 amide bonds. The Labute approximate surface area is 100 Å². The molecule has 4 heteroatoms.